The summed E-state index contributed by atoms with van der Waals surface area (Å²) in [6.07, 6.45) is 1.35. The van der Waals surface area contributed by atoms with Crippen LogP contribution in [0, 0.1) is 6.92 Å². The molecular weight excluding hydrogens is 386 g/mol. The van der Waals surface area contributed by atoms with E-state index in [-0.39, 0.29) is 17.3 Å². The normalized spacial score (nSPS) is 10.4. The summed E-state index contributed by atoms with van der Waals surface area (Å²) in [6, 6.07) is 11.9. The van der Waals surface area contributed by atoms with Gasteiger partial charge in [-0.1, -0.05) is 0 Å². The minimum atomic E-state index is -0.779. The first-order chi connectivity index (χ1) is 14.3. The predicted molar refractivity (Wildman–Crippen MR) is 111 cm³/mol. The van der Waals surface area contributed by atoms with Gasteiger partial charge in [0.15, 0.2) is 5.69 Å². The van der Waals surface area contributed by atoms with E-state index in [2.05, 4.69) is 15.6 Å². The van der Waals surface area contributed by atoms with Crippen molar-refractivity contribution in [3.63, 3.8) is 0 Å². The molecule has 3 aromatic rings. The number of hydrogen-bond donors (Lipinski definition) is 3. The second-order valence-electron chi connectivity index (χ2n) is 6.44. The maximum Gasteiger partial charge on any atom is 0.272 e. The highest BCUT2D eigenvalue weighted by Crippen LogP contribution is 2.21. The summed E-state index contributed by atoms with van der Waals surface area (Å²) in [7, 11) is 3.01. The van der Waals surface area contributed by atoms with Crippen molar-refractivity contribution in [2.75, 3.05) is 19.5 Å². The molecule has 0 fully saturated rings. The molecule has 0 bridgehead atoms. The van der Waals surface area contributed by atoms with Crippen molar-refractivity contribution in [3.05, 3.63) is 71.3 Å². The molecule has 0 spiro atoms. The number of carbonyl (C=O) groups excluding carboxylic acids is 3. The monoisotopic (exact) mass is 407 g/mol. The summed E-state index contributed by atoms with van der Waals surface area (Å²) < 4.78 is 6.63. The third kappa shape index (κ3) is 4.00. The summed E-state index contributed by atoms with van der Waals surface area (Å²) in [5.41, 5.74) is 7.82. The number of nitrogens with zero attached hydrogens (tertiary/aromatic N) is 2. The molecule has 0 saturated carbocycles. The quantitative estimate of drug-likeness (QED) is 0.575. The summed E-state index contributed by atoms with van der Waals surface area (Å²) in [5.74, 6) is -0.854. The summed E-state index contributed by atoms with van der Waals surface area (Å²) in [4.78, 5) is 40.3. The first-order valence-corrected chi connectivity index (χ1v) is 9.01. The van der Waals surface area contributed by atoms with Crippen LogP contribution in [0.1, 0.15) is 36.9 Å². The number of ether oxygens (including phenoxy) is 1. The number of nitrogens with one attached hydrogen (secondary N) is 2. The van der Waals surface area contributed by atoms with Crippen LogP contribution >= 0.6 is 0 Å². The number of aromatic nitrogens is 2. The molecule has 154 valence electrons. The molecule has 0 aliphatic heterocycles. The molecule has 0 aliphatic rings. The Labute approximate surface area is 172 Å². The molecule has 2 aromatic carbocycles. The van der Waals surface area contributed by atoms with Gasteiger partial charge in [0.1, 0.15) is 17.8 Å². The Morgan fingerprint density at radius 2 is 1.77 bits per heavy atom. The van der Waals surface area contributed by atoms with Gasteiger partial charge in [0.05, 0.1) is 7.11 Å². The van der Waals surface area contributed by atoms with Crippen molar-refractivity contribution in [2.24, 2.45) is 5.73 Å². The van der Waals surface area contributed by atoms with Gasteiger partial charge in [-0.25, -0.2) is 4.98 Å². The standard InChI is InChI=1S/C21H21N5O4/c1-12-10-13(4-9-16(12)30-3)20(28)25-14-5-7-15(8-6-14)26-11-24-17(21(29)23-2)18(26)19(22)27/h4-11H,1-3H3,(H2,22,27)(H,23,29)(H,25,28). The molecule has 9 nitrogen and oxygen atoms in total. The van der Waals surface area contributed by atoms with E-state index < -0.39 is 11.8 Å². The molecule has 9 heteroatoms. The number of rotatable bonds is 6. The van der Waals surface area contributed by atoms with Gasteiger partial charge < -0.3 is 21.1 Å². The molecule has 0 aliphatic carbocycles. The number of amides is 3. The fourth-order valence-electron chi connectivity index (χ4n) is 2.99. The van der Waals surface area contributed by atoms with E-state index >= 15 is 0 Å². The SMILES string of the molecule is CNC(=O)c1ncn(-c2ccc(NC(=O)c3ccc(OC)c(C)c3)cc2)c1C(N)=O. The van der Waals surface area contributed by atoms with Crippen molar-refractivity contribution < 1.29 is 19.1 Å². The average Bonchev–Trinajstić information content (AvgIpc) is 3.19. The third-order valence-corrected chi connectivity index (χ3v) is 4.50. The zero-order chi connectivity index (χ0) is 21.8. The number of aryl methyl sites for hydroxylation is 1. The summed E-state index contributed by atoms with van der Waals surface area (Å²) in [5, 5.41) is 5.23. The number of carbonyl (C=O) groups is 3. The van der Waals surface area contributed by atoms with Gasteiger partial charge in [0, 0.05) is 24.0 Å². The van der Waals surface area contributed by atoms with Gasteiger partial charge in [-0.2, -0.15) is 0 Å². The van der Waals surface area contributed by atoms with Crippen molar-refractivity contribution in [1.82, 2.24) is 14.9 Å². The predicted octanol–water partition coefficient (Wildman–Crippen LogP) is 1.90. The lowest BCUT2D eigenvalue weighted by atomic mass is 10.1. The summed E-state index contributed by atoms with van der Waals surface area (Å²) >= 11 is 0. The molecule has 1 aromatic heterocycles. The largest absolute Gasteiger partial charge is 0.496 e. The second kappa shape index (κ2) is 8.48. The number of benzene rings is 2. The highest BCUT2D eigenvalue weighted by Gasteiger charge is 2.22. The molecule has 1 heterocycles. The van der Waals surface area contributed by atoms with E-state index in [4.69, 9.17) is 10.5 Å². The van der Waals surface area contributed by atoms with Crippen LogP contribution < -0.4 is 21.1 Å². The zero-order valence-electron chi connectivity index (χ0n) is 16.7. The first-order valence-electron chi connectivity index (χ1n) is 9.01. The topological polar surface area (TPSA) is 128 Å². The molecule has 0 atom stereocenters. The minimum absolute atomic E-state index is 0.0279. The van der Waals surface area contributed by atoms with Crippen LogP contribution in [0.4, 0.5) is 5.69 Å². The zero-order valence-corrected chi connectivity index (χ0v) is 16.7. The fourth-order valence-corrected chi connectivity index (χ4v) is 2.99. The minimum Gasteiger partial charge on any atom is -0.496 e. The second-order valence-corrected chi connectivity index (χ2v) is 6.44. The van der Waals surface area contributed by atoms with Gasteiger partial charge in [-0.05, 0) is 55.0 Å². The van der Waals surface area contributed by atoms with E-state index in [9.17, 15) is 14.4 Å². The fraction of sp³-hybridized carbons (Fsp3) is 0.143. The highest BCUT2D eigenvalue weighted by atomic mass is 16.5. The van der Waals surface area contributed by atoms with Gasteiger partial charge in [-0.15, -0.1) is 0 Å². The average molecular weight is 407 g/mol. The number of methoxy groups -OCH3 is 1. The molecule has 3 rings (SSSR count). The van der Waals surface area contributed by atoms with E-state index in [1.807, 2.05) is 6.92 Å². The molecular formula is C21H21N5O4. The highest BCUT2D eigenvalue weighted by molar-refractivity contribution is 6.05. The molecule has 30 heavy (non-hydrogen) atoms. The Morgan fingerprint density at radius 1 is 1.07 bits per heavy atom. The number of hydrogen-bond acceptors (Lipinski definition) is 5. The Balaban J connectivity index is 1.83. The molecule has 3 amide bonds. The van der Waals surface area contributed by atoms with Crippen LogP contribution in [-0.4, -0.2) is 41.4 Å². The number of anilines is 1. The van der Waals surface area contributed by atoms with E-state index in [1.165, 1.54) is 17.9 Å². The lowest BCUT2D eigenvalue weighted by Gasteiger charge is -2.10. The maximum absolute atomic E-state index is 12.5. The van der Waals surface area contributed by atoms with Crippen molar-refractivity contribution in [3.8, 4) is 11.4 Å². The van der Waals surface area contributed by atoms with Crippen LogP contribution in [0.25, 0.3) is 5.69 Å². The van der Waals surface area contributed by atoms with Crippen LogP contribution in [0.2, 0.25) is 0 Å². The van der Waals surface area contributed by atoms with Gasteiger partial charge >= 0.3 is 0 Å². The molecule has 0 unspecified atom stereocenters. The van der Waals surface area contributed by atoms with Crippen LogP contribution in [0.5, 0.6) is 5.75 Å². The number of imidazole rings is 1. The van der Waals surface area contributed by atoms with Gasteiger partial charge in [0.25, 0.3) is 17.7 Å². The van der Waals surface area contributed by atoms with Crippen molar-refractivity contribution >= 4 is 23.4 Å². The van der Waals surface area contributed by atoms with E-state index in [0.717, 1.165) is 5.56 Å². The lowest BCUT2D eigenvalue weighted by Crippen LogP contribution is -2.25. The molecule has 0 radical (unpaired) electrons. The Kier molecular flexibility index (Phi) is 5.82. The van der Waals surface area contributed by atoms with Crippen molar-refractivity contribution in [2.45, 2.75) is 6.92 Å². The first kappa shape index (κ1) is 20.6. The third-order valence-electron chi connectivity index (χ3n) is 4.50. The molecule has 0 saturated heterocycles. The number of primary amides is 1. The smallest absolute Gasteiger partial charge is 0.272 e. The van der Waals surface area contributed by atoms with Crippen LogP contribution in [0.15, 0.2) is 48.8 Å². The lowest BCUT2D eigenvalue weighted by molar-refractivity contribution is 0.0937. The number of nitrogens with two attached hydrogens (primary N) is 1. The Hall–Kier alpha value is -4.14. The van der Waals surface area contributed by atoms with E-state index in [0.29, 0.717) is 22.7 Å². The molecule has 4 N–H and O–H groups in total. The van der Waals surface area contributed by atoms with Gasteiger partial charge in [-0.3, -0.25) is 19.0 Å². The van der Waals surface area contributed by atoms with Crippen LogP contribution in [-0.2, 0) is 0 Å². The maximum atomic E-state index is 12.5. The van der Waals surface area contributed by atoms with Crippen LogP contribution in [0.3, 0.4) is 0 Å². The Morgan fingerprint density at radius 3 is 2.33 bits per heavy atom. The van der Waals surface area contributed by atoms with Crippen molar-refractivity contribution in [1.29, 1.82) is 0 Å². The van der Waals surface area contributed by atoms with E-state index in [1.54, 1.807) is 49.6 Å². The Bertz CT molecular complexity index is 1120. The van der Waals surface area contributed by atoms with Gasteiger partial charge in [0.2, 0.25) is 0 Å². The summed E-state index contributed by atoms with van der Waals surface area (Å²) in [6.45, 7) is 1.86.